The average Bonchev–Trinajstić information content (AvgIpc) is 3.15. The predicted molar refractivity (Wildman–Crippen MR) is 238 cm³/mol. The molecule has 9 heteroatoms. The van der Waals surface area contributed by atoms with Crippen molar-refractivity contribution in [1.29, 1.82) is 0 Å². The summed E-state index contributed by atoms with van der Waals surface area (Å²) < 4.78 is 35.0. The van der Waals surface area contributed by atoms with Crippen LogP contribution < -0.4 is 0 Å². The second-order valence-corrected chi connectivity index (χ2v) is 17.9. The lowest BCUT2D eigenvalue weighted by molar-refractivity contribution is -0.870. The maximum absolute atomic E-state index is 12.7. The summed E-state index contributed by atoms with van der Waals surface area (Å²) in [6.45, 7) is 5.55. The van der Waals surface area contributed by atoms with Crippen molar-refractivity contribution in [3.8, 4) is 0 Å². The van der Waals surface area contributed by atoms with E-state index in [9.17, 15) is 14.3 Å². The first kappa shape index (κ1) is 54.5. The molecule has 0 rings (SSSR count). The molecule has 0 saturated carbocycles. The van der Waals surface area contributed by atoms with Crippen LogP contribution in [0.1, 0.15) is 187 Å². The Morgan fingerprint density at radius 3 is 1.48 bits per heavy atom. The second-order valence-electron chi connectivity index (χ2n) is 16.4. The molecule has 0 amide bonds. The smallest absolute Gasteiger partial charge is 0.457 e. The van der Waals surface area contributed by atoms with Gasteiger partial charge in [-0.2, -0.15) is 0 Å². The molecule has 328 valence electrons. The molecule has 0 aliphatic rings. The fraction of sp³-hybridized carbons (Fsp3) is 0.809. The fourth-order valence-corrected chi connectivity index (χ4v) is 6.77. The Labute approximate surface area is 346 Å². The Hall–Kier alpha value is -1.54. The zero-order valence-electron chi connectivity index (χ0n) is 37.1. The van der Waals surface area contributed by atoms with Gasteiger partial charge in [-0.15, -0.1) is 0 Å². The van der Waals surface area contributed by atoms with Crippen LogP contribution in [0.2, 0.25) is 0 Å². The van der Waals surface area contributed by atoms with Gasteiger partial charge < -0.3 is 18.9 Å². The molecular formula is C47H89NO7P+. The Bertz CT molecular complexity index is 1040. The number of allylic oxidation sites excluding steroid dienone is 8. The maximum Gasteiger partial charge on any atom is 0.472 e. The second kappa shape index (κ2) is 40.2. The maximum atomic E-state index is 12.7. The molecule has 2 atom stereocenters. The molecule has 56 heavy (non-hydrogen) atoms. The van der Waals surface area contributed by atoms with Crippen molar-refractivity contribution in [2.45, 2.75) is 193 Å². The van der Waals surface area contributed by atoms with Crippen LogP contribution in [0.25, 0.3) is 0 Å². The van der Waals surface area contributed by atoms with Gasteiger partial charge in [-0.05, 0) is 77.0 Å². The SMILES string of the molecule is CCCCC/C=C\C/C=C\CCCCCCCCCCOCC(COP(=O)(O)OCC[N+](C)(C)C)OC(=O)CCCCCCC/C=C\C/C=C\CCCCCC. The molecule has 0 aromatic rings. The van der Waals surface area contributed by atoms with Crippen molar-refractivity contribution < 1.29 is 37.3 Å². The Morgan fingerprint density at radius 2 is 0.982 bits per heavy atom. The number of carbonyl (C=O) groups is 1. The van der Waals surface area contributed by atoms with E-state index in [1.807, 2.05) is 21.1 Å². The van der Waals surface area contributed by atoms with Crippen LogP contribution in [-0.4, -0.2) is 75.6 Å². The zero-order chi connectivity index (χ0) is 41.3. The molecule has 8 nitrogen and oxygen atoms in total. The van der Waals surface area contributed by atoms with Crippen molar-refractivity contribution in [3.63, 3.8) is 0 Å². The summed E-state index contributed by atoms with van der Waals surface area (Å²) in [5, 5.41) is 0. The van der Waals surface area contributed by atoms with Crippen molar-refractivity contribution in [1.82, 2.24) is 0 Å². The lowest BCUT2D eigenvalue weighted by atomic mass is 10.1. The number of likely N-dealkylation sites (N-methyl/N-ethyl adjacent to an activating group) is 1. The number of ether oxygens (including phenoxy) is 2. The number of hydrogen-bond donors (Lipinski definition) is 1. The number of quaternary nitrogens is 1. The third-order valence-corrected chi connectivity index (χ3v) is 10.6. The first-order valence-electron chi connectivity index (χ1n) is 22.9. The fourth-order valence-electron chi connectivity index (χ4n) is 6.02. The standard InChI is InChI=1S/C47H88NO7P/c1-6-8-10-12-14-16-18-20-22-24-25-27-29-31-33-35-37-39-42-52-44-46(45-54-56(50,51)53-43-41-48(3,4)5)55-47(49)40-38-36-34-32-30-28-26-23-21-19-17-15-13-11-9-7-2/h14,16-17,19-20,22-23,26,46H,6-13,15,18,21,24-25,27-45H2,1-5H3/p+1/b16-14-,19-17-,22-20-,26-23-. The molecule has 0 aliphatic heterocycles. The van der Waals surface area contributed by atoms with Gasteiger partial charge in [0.2, 0.25) is 0 Å². The third-order valence-electron chi connectivity index (χ3n) is 9.61. The quantitative estimate of drug-likeness (QED) is 0.0216. The van der Waals surface area contributed by atoms with E-state index in [0.29, 0.717) is 24.1 Å². The van der Waals surface area contributed by atoms with Gasteiger partial charge in [-0.3, -0.25) is 13.8 Å². The minimum absolute atomic E-state index is 0.0832. The van der Waals surface area contributed by atoms with E-state index in [-0.39, 0.29) is 25.8 Å². The molecule has 0 spiro atoms. The van der Waals surface area contributed by atoms with Crippen molar-refractivity contribution in [2.24, 2.45) is 0 Å². The zero-order valence-corrected chi connectivity index (χ0v) is 38.0. The number of carbonyl (C=O) groups excluding carboxylic acids is 1. The van der Waals surface area contributed by atoms with E-state index in [1.165, 1.54) is 103 Å². The first-order valence-corrected chi connectivity index (χ1v) is 24.4. The number of hydrogen-bond acceptors (Lipinski definition) is 6. The molecule has 2 unspecified atom stereocenters. The van der Waals surface area contributed by atoms with Crippen LogP contribution in [0.15, 0.2) is 48.6 Å². The van der Waals surface area contributed by atoms with Crippen LogP contribution in [0.3, 0.4) is 0 Å². The van der Waals surface area contributed by atoms with Gasteiger partial charge in [0.05, 0.1) is 34.4 Å². The highest BCUT2D eigenvalue weighted by Gasteiger charge is 2.26. The Kier molecular flexibility index (Phi) is 39.1. The van der Waals surface area contributed by atoms with Gasteiger partial charge in [0.25, 0.3) is 0 Å². The van der Waals surface area contributed by atoms with Gasteiger partial charge in [0.15, 0.2) is 0 Å². The van der Waals surface area contributed by atoms with Crippen molar-refractivity contribution in [2.75, 3.05) is 54.1 Å². The molecule has 0 heterocycles. The lowest BCUT2D eigenvalue weighted by Crippen LogP contribution is -2.37. The summed E-state index contributed by atoms with van der Waals surface area (Å²) >= 11 is 0. The molecule has 1 N–H and O–H groups in total. The number of rotatable bonds is 42. The molecule has 0 radical (unpaired) electrons. The van der Waals surface area contributed by atoms with Gasteiger partial charge in [0, 0.05) is 13.0 Å². The van der Waals surface area contributed by atoms with Gasteiger partial charge >= 0.3 is 13.8 Å². The topological polar surface area (TPSA) is 91.3 Å². The van der Waals surface area contributed by atoms with E-state index in [2.05, 4.69) is 62.5 Å². The van der Waals surface area contributed by atoms with Crippen molar-refractivity contribution >= 4 is 13.8 Å². The summed E-state index contributed by atoms with van der Waals surface area (Å²) in [6.07, 6.45) is 48.5. The van der Waals surface area contributed by atoms with Gasteiger partial charge in [0.1, 0.15) is 19.3 Å². The summed E-state index contributed by atoms with van der Waals surface area (Å²) in [5.41, 5.74) is 0. The molecular weight excluding hydrogens is 721 g/mol. The van der Waals surface area contributed by atoms with Crippen LogP contribution in [-0.2, 0) is 27.9 Å². The van der Waals surface area contributed by atoms with Crippen LogP contribution in [0, 0.1) is 0 Å². The molecule has 0 bridgehead atoms. The molecule has 0 aromatic heterocycles. The normalized spacial score (nSPS) is 14.2. The Balaban J connectivity index is 4.25. The highest BCUT2D eigenvalue weighted by atomic mass is 31.2. The Morgan fingerprint density at radius 1 is 0.554 bits per heavy atom. The summed E-state index contributed by atoms with van der Waals surface area (Å²) in [7, 11) is 1.65. The minimum Gasteiger partial charge on any atom is -0.457 e. The van der Waals surface area contributed by atoms with Crippen LogP contribution in [0.5, 0.6) is 0 Å². The highest BCUT2D eigenvalue weighted by Crippen LogP contribution is 2.43. The molecule has 0 aliphatic carbocycles. The lowest BCUT2D eigenvalue weighted by Gasteiger charge is -2.24. The predicted octanol–water partition coefficient (Wildman–Crippen LogP) is 13.6. The monoisotopic (exact) mass is 811 g/mol. The van der Waals surface area contributed by atoms with Crippen LogP contribution in [0.4, 0.5) is 0 Å². The number of phosphoric acid groups is 1. The number of esters is 1. The van der Waals surface area contributed by atoms with E-state index in [1.54, 1.807) is 0 Å². The minimum atomic E-state index is -4.28. The number of phosphoric ester groups is 1. The first-order chi connectivity index (χ1) is 27.1. The largest absolute Gasteiger partial charge is 0.472 e. The summed E-state index contributed by atoms with van der Waals surface area (Å²) in [4.78, 5) is 22.9. The van der Waals surface area contributed by atoms with Crippen LogP contribution >= 0.6 is 7.82 Å². The highest BCUT2D eigenvalue weighted by molar-refractivity contribution is 7.47. The van der Waals surface area contributed by atoms with E-state index < -0.39 is 13.9 Å². The number of unbranched alkanes of at least 4 members (excludes halogenated alkanes) is 20. The molecule has 0 fully saturated rings. The van der Waals surface area contributed by atoms with Gasteiger partial charge in [-0.25, -0.2) is 4.57 Å². The summed E-state index contributed by atoms with van der Waals surface area (Å²) in [5.74, 6) is -0.330. The number of nitrogens with zero attached hydrogens (tertiary/aromatic N) is 1. The molecule has 0 aromatic carbocycles. The van der Waals surface area contributed by atoms with Crippen molar-refractivity contribution in [3.05, 3.63) is 48.6 Å². The van der Waals surface area contributed by atoms with E-state index in [0.717, 1.165) is 64.2 Å². The third kappa shape index (κ3) is 43.6. The van der Waals surface area contributed by atoms with Gasteiger partial charge in [-0.1, -0.05) is 152 Å². The van der Waals surface area contributed by atoms with E-state index in [4.69, 9.17) is 18.5 Å². The average molecular weight is 811 g/mol. The van der Waals surface area contributed by atoms with E-state index >= 15 is 0 Å². The summed E-state index contributed by atoms with van der Waals surface area (Å²) in [6, 6.07) is 0. The molecule has 0 saturated heterocycles.